The second-order valence-corrected chi connectivity index (χ2v) is 6.06. The molecule has 0 aliphatic heterocycles. The van der Waals surface area contributed by atoms with Gasteiger partial charge in [-0.1, -0.05) is 37.8 Å². The van der Waals surface area contributed by atoms with E-state index in [1.54, 1.807) is 18.2 Å². The van der Waals surface area contributed by atoms with Crippen molar-refractivity contribution >= 4 is 17.4 Å². The molecule has 1 aliphatic carbocycles. The van der Waals surface area contributed by atoms with Crippen LogP contribution in [0.25, 0.3) is 0 Å². The molecule has 1 aromatic heterocycles. The molecule has 1 heterocycles. The number of halogens is 1. The lowest BCUT2D eigenvalue weighted by atomic mass is 10.1. The number of amides is 1. The molecule has 1 amide bonds. The number of hydrogen-bond donors (Lipinski definition) is 2. The molecule has 3 rings (SSSR count). The van der Waals surface area contributed by atoms with Gasteiger partial charge in [-0.05, 0) is 25.0 Å². The molecule has 5 nitrogen and oxygen atoms in total. The van der Waals surface area contributed by atoms with Gasteiger partial charge >= 0.3 is 0 Å². The lowest BCUT2D eigenvalue weighted by Gasteiger charge is -2.17. The van der Waals surface area contributed by atoms with Crippen LogP contribution in [-0.4, -0.2) is 21.9 Å². The van der Waals surface area contributed by atoms with E-state index in [0.29, 0.717) is 11.9 Å². The van der Waals surface area contributed by atoms with E-state index in [9.17, 15) is 9.18 Å². The predicted molar refractivity (Wildman–Crippen MR) is 91.5 cm³/mol. The number of aromatic nitrogens is 2. The van der Waals surface area contributed by atoms with Gasteiger partial charge in [0.05, 0.1) is 5.69 Å². The Labute approximate surface area is 140 Å². The third-order valence-corrected chi connectivity index (χ3v) is 4.23. The molecule has 0 bridgehead atoms. The molecule has 1 aliphatic rings. The quantitative estimate of drug-likeness (QED) is 0.833. The minimum Gasteiger partial charge on any atom is -0.367 e. The van der Waals surface area contributed by atoms with Crippen molar-refractivity contribution in [1.82, 2.24) is 9.97 Å². The summed E-state index contributed by atoms with van der Waals surface area (Å²) in [6.07, 6.45) is 8.56. The van der Waals surface area contributed by atoms with Gasteiger partial charge in [0.2, 0.25) is 0 Å². The van der Waals surface area contributed by atoms with E-state index in [4.69, 9.17) is 0 Å². The molecule has 0 saturated heterocycles. The minimum absolute atomic E-state index is 0.138. The number of carbonyl (C=O) groups excluding carboxylic acids is 1. The number of para-hydroxylation sites is 1. The standard InChI is InChI=1S/C18H21FN4O/c19-14-9-5-6-10-15(14)23-18(24)16-11-17(21-12-20-16)22-13-7-3-1-2-4-8-13/h5-6,9-13H,1-4,7-8H2,(H,23,24)(H,20,21,22). The van der Waals surface area contributed by atoms with Gasteiger partial charge in [-0.3, -0.25) is 4.79 Å². The first kappa shape index (κ1) is 16.4. The highest BCUT2D eigenvalue weighted by atomic mass is 19.1. The van der Waals surface area contributed by atoms with Crippen molar-refractivity contribution in [3.05, 3.63) is 48.2 Å². The Kier molecular flexibility index (Phi) is 5.36. The summed E-state index contributed by atoms with van der Waals surface area (Å²) >= 11 is 0. The molecule has 0 atom stereocenters. The fourth-order valence-electron chi connectivity index (χ4n) is 2.94. The zero-order valence-corrected chi connectivity index (χ0v) is 13.5. The van der Waals surface area contributed by atoms with Crippen molar-refractivity contribution in [1.29, 1.82) is 0 Å². The lowest BCUT2D eigenvalue weighted by molar-refractivity contribution is 0.102. The molecular formula is C18H21FN4O. The van der Waals surface area contributed by atoms with Gasteiger partial charge in [0, 0.05) is 12.1 Å². The Balaban J connectivity index is 1.68. The minimum atomic E-state index is -0.475. The van der Waals surface area contributed by atoms with E-state index in [0.717, 1.165) is 12.8 Å². The van der Waals surface area contributed by atoms with Gasteiger partial charge in [-0.25, -0.2) is 14.4 Å². The third-order valence-electron chi connectivity index (χ3n) is 4.23. The fraction of sp³-hybridized carbons (Fsp3) is 0.389. The normalized spacial score (nSPS) is 15.5. The molecule has 1 fully saturated rings. The van der Waals surface area contributed by atoms with Crippen LogP contribution >= 0.6 is 0 Å². The van der Waals surface area contributed by atoms with Gasteiger partial charge in [0.1, 0.15) is 23.7 Å². The highest BCUT2D eigenvalue weighted by Crippen LogP contribution is 2.20. The van der Waals surface area contributed by atoms with Gasteiger partial charge in [0.25, 0.3) is 5.91 Å². The molecule has 1 saturated carbocycles. The second-order valence-electron chi connectivity index (χ2n) is 6.06. The Bertz CT molecular complexity index is 699. The average Bonchev–Trinajstić information content (AvgIpc) is 2.86. The van der Waals surface area contributed by atoms with Gasteiger partial charge < -0.3 is 10.6 Å². The number of nitrogens with zero attached hydrogens (tertiary/aromatic N) is 2. The molecule has 1 aromatic carbocycles. The summed E-state index contributed by atoms with van der Waals surface area (Å²) in [5.74, 6) is -0.293. The van der Waals surface area contributed by atoms with Gasteiger partial charge in [0.15, 0.2) is 0 Å². The van der Waals surface area contributed by atoms with Crippen LogP contribution < -0.4 is 10.6 Å². The zero-order chi connectivity index (χ0) is 16.8. The summed E-state index contributed by atoms with van der Waals surface area (Å²) in [6, 6.07) is 8.04. The van der Waals surface area contributed by atoms with Gasteiger partial charge in [-0.2, -0.15) is 0 Å². The maximum Gasteiger partial charge on any atom is 0.274 e. The number of anilines is 2. The number of rotatable bonds is 4. The van der Waals surface area contributed by atoms with E-state index in [1.807, 2.05) is 0 Å². The highest BCUT2D eigenvalue weighted by molar-refractivity contribution is 6.03. The van der Waals surface area contributed by atoms with Crippen molar-refractivity contribution in [3.8, 4) is 0 Å². The van der Waals surface area contributed by atoms with Crippen LogP contribution in [0.2, 0.25) is 0 Å². The van der Waals surface area contributed by atoms with Crippen molar-refractivity contribution in [3.63, 3.8) is 0 Å². The number of hydrogen-bond acceptors (Lipinski definition) is 4. The number of nitrogens with one attached hydrogen (secondary N) is 2. The molecule has 2 N–H and O–H groups in total. The second kappa shape index (κ2) is 7.86. The van der Waals surface area contributed by atoms with E-state index < -0.39 is 11.7 Å². The summed E-state index contributed by atoms with van der Waals surface area (Å²) < 4.78 is 13.6. The Morgan fingerprint density at radius 2 is 1.83 bits per heavy atom. The molecule has 0 radical (unpaired) electrons. The first-order chi connectivity index (χ1) is 11.7. The van der Waals surface area contributed by atoms with Gasteiger partial charge in [-0.15, -0.1) is 0 Å². The average molecular weight is 328 g/mol. The smallest absolute Gasteiger partial charge is 0.274 e. The van der Waals surface area contributed by atoms with Crippen LogP contribution in [0, 0.1) is 5.82 Å². The first-order valence-electron chi connectivity index (χ1n) is 8.37. The monoisotopic (exact) mass is 328 g/mol. The Hall–Kier alpha value is -2.50. The van der Waals surface area contributed by atoms with E-state index >= 15 is 0 Å². The largest absolute Gasteiger partial charge is 0.367 e. The first-order valence-corrected chi connectivity index (χ1v) is 8.37. The van der Waals surface area contributed by atoms with Crippen LogP contribution in [0.5, 0.6) is 0 Å². The summed E-state index contributed by atoms with van der Waals surface area (Å²) in [6.45, 7) is 0. The van der Waals surface area contributed by atoms with Crippen LogP contribution in [0.3, 0.4) is 0 Å². The van der Waals surface area contributed by atoms with Crippen molar-refractivity contribution < 1.29 is 9.18 Å². The van der Waals surface area contributed by atoms with Crippen LogP contribution in [0.1, 0.15) is 49.0 Å². The SMILES string of the molecule is O=C(Nc1ccccc1F)c1cc(NC2CCCCCC2)ncn1. The molecule has 2 aromatic rings. The van der Waals surface area contributed by atoms with Crippen molar-refractivity contribution in [2.45, 2.75) is 44.6 Å². The molecule has 24 heavy (non-hydrogen) atoms. The maximum atomic E-state index is 13.6. The van der Waals surface area contributed by atoms with Crippen LogP contribution in [0.15, 0.2) is 36.7 Å². The van der Waals surface area contributed by atoms with Crippen molar-refractivity contribution in [2.24, 2.45) is 0 Å². The fourth-order valence-corrected chi connectivity index (χ4v) is 2.94. The van der Waals surface area contributed by atoms with Crippen LogP contribution in [0.4, 0.5) is 15.9 Å². The molecule has 0 spiro atoms. The van der Waals surface area contributed by atoms with E-state index in [-0.39, 0.29) is 11.4 Å². The van der Waals surface area contributed by atoms with E-state index in [2.05, 4.69) is 20.6 Å². The third kappa shape index (κ3) is 4.28. The highest BCUT2D eigenvalue weighted by Gasteiger charge is 2.15. The molecule has 6 heteroatoms. The topological polar surface area (TPSA) is 66.9 Å². The Morgan fingerprint density at radius 1 is 1.08 bits per heavy atom. The van der Waals surface area contributed by atoms with Crippen LogP contribution in [-0.2, 0) is 0 Å². The zero-order valence-electron chi connectivity index (χ0n) is 13.5. The maximum absolute atomic E-state index is 13.6. The van der Waals surface area contributed by atoms with Crippen molar-refractivity contribution in [2.75, 3.05) is 10.6 Å². The number of carbonyl (C=O) groups is 1. The summed E-state index contributed by atoms with van der Waals surface area (Å²) in [5, 5.41) is 5.92. The number of benzene rings is 1. The Morgan fingerprint density at radius 3 is 2.58 bits per heavy atom. The molecule has 0 unspecified atom stereocenters. The summed E-state index contributed by atoms with van der Waals surface area (Å²) in [7, 11) is 0. The molecule has 126 valence electrons. The van der Waals surface area contributed by atoms with E-state index in [1.165, 1.54) is 44.1 Å². The molecular weight excluding hydrogens is 307 g/mol. The summed E-state index contributed by atoms with van der Waals surface area (Å²) in [5.41, 5.74) is 0.351. The lowest BCUT2D eigenvalue weighted by Crippen LogP contribution is -2.20. The predicted octanol–water partition coefficient (Wildman–Crippen LogP) is 4.00. The summed E-state index contributed by atoms with van der Waals surface area (Å²) in [4.78, 5) is 20.5.